The lowest BCUT2D eigenvalue weighted by Gasteiger charge is -2.34. The Morgan fingerprint density at radius 2 is 1.81 bits per heavy atom. The van der Waals surface area contributed by atoms with Crippen LogP contribution >= 0.6 is 0 Å². The number of pyridine rings is 1. The van der Waals surface area contributed by atoms with Gasteiger partial charge in [0, 0.05) is 82.1 Å². The molecule has 3 aliphatic rings. The number of rotatable bonds is 9. The van der Waals surface area contributed by atoms with Gasteiger partial charge in [-0.05, 0) is 47.7 Å². The third-order valence-electron chi connectivity index (χ3n) is 10.1. The number of hydrogen-bond donors (Lipinski definition) is 2. The normalized spacial score (nSPS) is 19.9. The number of benzene rings is 2. The molecule has 2 aromatic carbocycles. The molecule has 5 aromatic rings. The number of ether oxygens (including phenoxy) is 1. The van der Waals surface area contributed by atoms with Crippen LogP contribution in [-0.2, 0) is 12.8 Å². The third kappa shape index (κ3) is 5.77. The maximum atomic E-state index is 16.8. The van der Waals surface area contributed by atoms with E-state index in [1.807, 2.05) is 24.3 Å². The van der Waals surface area contributed by atoms with Gasteiger partial charge in [0.1, 0.15) is 35.1 Å². The van der Waals surface area contributed by atoms with E-state index >= 15 is 4.39 Å². The summed E-state index contributed by atoms with van der Waals surface area (Å²) in [5.41, 5.74) is 1.92. The Labute approximate surface area is 278 Å². The van der Waals surface area contributed by atoms with Crippen LogP contribution in [0.5, 0.6) is 11.8 Å². The van der Waals surface area contributed by atoms with Crippen molar-refractivity contribution in [3.8, 4) is 23.0 Å². The number of nitrogens with one attached hydrogen (secondary N) is 1. The van der Waals surface area contributed by atoms with Crippen LogP contribution in [0.3, 0.4) is 0 Å². The summed E-state index contributed by atoms with van der Waals surface area (Å²) in [6.45, 7) is 10.2. The Kier molecular flexibility index (Phi) is 8.21. The summed E-state index contributed by atoms with van der Waals surface area (Å²) < 4.78 is 28.4. The molecule has 0 aliphatic carbocycles. The largest absolute Gasteiger partial charge is 0.508 e. The molecule has 3 aromatic heterocycles. The van der Waals surface area contributed by atoms with E-state index in [9.17, 15) is 5.11 Å². The Bertz CT molecular complexity index is 1950. The summed E-state index contributed by atoms with van der Waals surface area (Å²) in [6, 6.07) is 12.1. The molecule has 6 heterocycles. The van der Waals surface area contributed by atoms with E-state index in [-0.39, 0.29) is 23.0 Å². The Balaban J connectivity index is 1.09. The van der Waals surface area contributed by atoms with E-state index in [0.29, 0.717) is 42.0 Å². The van der Waals surface area contributed by atoms with E-state index in [0.717, 1.165) is 92.9 Å². The lowest BCUT2D eigenvalue weighted by Crippen LogP contribution is -2.51. The highest BCUT2D eigenvalue weighted by Crippen LogP contribution is 2.39. The molecule has 3 saturated heterocycles. The van der Waals surface area contributed by atoms with Gasteiger partial charge in [-0.1, -0.05) is 37.2 Å². The summed E-state index contributed by atoms with van der Waals surface area (Å²) >= 11 is 0. The molecule has 0 amide bonds. The first-order valence-corrected chi connectivity index (χ1v) is 17.1. The van der Waals surface area contributed by atoms with Crippen molar-refractivity contribution in [3.63, 3.8) is 0 Å². The molecule has 2 bridgehead atoms. The summed E-state index contributed by atoms with van der Waals surface area (Å²) in [4.78, 5) is 21.0. The number of piperazine rings is 2. The van der Waals surface area contributed by atoms with Crippen LogP contribution in [0, 0.1) is 5.82 Å². The average Bonchev–Trinajstić information content (AvgIpc) is 3.73. The van der Waals surface area contributed by atoms with Crippen molar-refractivity contribution in [1.82, 2.24) is 30.3 Å². The fourth-order valence-electron chi connectivity index (χ4n) is 7.54. The summed E-state index contributed by atoms with van der Waals surface area (Å²) in [6.07, 6.45) is 5.48. The molecular formula is C36H41FN8O3. The number of aryl methyl sites for hydroxylation is 2. The molecule has 8 rings (SSSR count). The van der Waals surface area contributed by atoms with E-state index in [1.165, 1.54) is 0 Å². The number of fused-ring (bicyclic) bond motifs is 4. The fraction of sp³-hybridized carbons (Fsp3) is 0.444. The standard InChI is InChI=1S/C36H41FN8O3/c1-3-22-6-5-7-23-16-26(46)17-28(31(22)23)33-32(37)34-29(19-38-33)35(45-20-24-8-9-25(21-45)39-24)41-36(40-34)47-15-14-43-10-12-44(13-11-43)30-18-27(4-2)48-42-30/h5-7,16-19,24-25,39,46H,3-4,8-15,20-21H2,1-2H3. The minimum absolute atomic E-state index is 0.0586. The molecule has 0 saturated carbocycles. The van der Waals surface area contributed by atoms with Gasteiger partial charge in [0.05, 0.1) is 5.39 Å². The second-order valence-electron chi connectivity index (χ2n) is 13.1. The predicted octanol–water partition coefficient (Wildman–Crippen LogP) is 4.94. The van der Waals surface area contributed by atoms with Gasteiger partial charge < -0.3 is 29.5 Å². The first kappa shape index (κ1) is 30.8. The zero-order valence-corrected chi connectivity index (χ0v) is 27.5. The van der Waals surface area contributed by atoms with E-state index in [2.05, 4.69) is 49.0 Å². The van der Waals surface area contributed by atoms with Crippen LogP contribution in [0.4, 0.5) is 16.0 Å². The minimum atomic E-state index is -0.549. The van der Waals surface area contributed by atoms with Crippen molar-refractivity contribution in [3.05, 3.63) is 59.7 Å². The predicted molar refractivity (Wildman–Crippen MR) is 183 cm³/mol. The second-order valence-corrected chi connectivity index (χ2v) is 13.1. The topological polar surface area (TPSA) is 116 Å². The van der Waals surface area contributed by atoms with Crippen molar-refractivity contribution < 1.29 is 18.8 Å². The van der Waals surface area contributed by atoms with Crippen molar-refractivity contribution in [2.24, 2.45) is 0 Å². The second kappa shape index (κ2) is 12.8. The van der Waals surface area contributed by atoms with Gasteiger partial charge in [-0.15, -0.1) is 0 Å². The Morgan fingerprint density at radius 1 is 1.00 bits per heavy atom. The van der Waals surface area contributed by atoms with Crippen LogP contribution in [0.15, 0.2) is 47.1 Å². The van der Waals surface area contributed by atoms with Crippen LogP contribution in [0.1, 0.15) is 38.0 Å². The van der Waals surface area contributed by atoms with E-state index in [1.54, 1.807) is 18.3 Å². The maximum absolute atomic E-state index is 16.8. The molecule has 250 valence electrons. The number of nitrogens with zero attached hydrogens (tertiary/aromatic N) is 7. The molecule has 2 atom stereocenters. The number of anilines is 2. The van der Waals surface area contributed by atoms with Gasteiger partial charge >= 0.3 is 6.01 Å². The number of halogens is 1. The number of aromatic hydroxyl groups is 1. The highest BCUT2D eigenvalue weighted by Gasteiger charge is 2.34. The van der Waals surface area contributed by atoms with Crippen LogP contribution in [0.2, 0.25) is 0 Å². The number of aromatic nitrogens is 4. The first-order valence-electron chi connectivity index (χ1n) is 17.1. The number of phenolic OH excluding ortho intramolecular Hbond substituents is 1. The Hall–Kier alpha value is -4.55. The molecule has 48 heavy (non-hydrogen) atoms. The average molecular weight is 653 g/mol. The lowest BCUT2D eigenvalue weighted by molar-refractivity contribution is 0.192. The van der Waals surface area contributed by atoms with Crippen LogP contribution in [0.25, 0.3) is 32.9 Å². The zero-order valence-electron chi connectivity index (χ0n) is 27.5. The van der Waals surface area contributed by atoms with Gasteiger partial charge in [0.2, 0.25) is 0 Å². The maximum Gasteiger partial charge on any atom is 0.319 e. The van der Waals surface area contributed by atoms with Crippen molar-refractivity contribution >= 4 is 33.3 Å². The summed E-state index contributed by atoms with van der Waals surface area (Å²) in [5.74, 6) is 1.94. The lowest BCUT2D eigenvalue weighted by atomic mass is 9.95. The molecule has 3 fully saturated rings. The summed E-state index contributed by atoms with van der Waals surface area (Å²) in [5, 5.41) is 20.8. The third-order valence-corrected chi connectivity index (χ3v) is 10.1. The molecule has 2 unspecified atom stereocenters. The fourth-order valence-corrected chi connectivity index (χ4v) is 7.54. The van der Waals surface area contributed by atoms with Gasteiger partial charge in [0.15, 0.2) is 11.6 Å². The highest BCUT2D eigenvalue weighted by atomic mass is 19.1. The SMILES string of the molecule is CCc1cc(N2CCN(CCOc3nc(N4CC5CCC(C4)N5)c4cnc(-c5cc(O)cc6cccc(CC)c56)c(F)c4n3)CC2)no1. The Morgan fingerprint density at radius 3 is 2.56 bits per heavy atom. The van der Waals surface area contributed by atoms with Gasteiger partial charge in [-0.2, -0.15) is 9.97 Å². The number of phenols is 1. The van der Waals surface area contributed by atoms with Crippen molar-refractivity contribution in [2.75, 3.05) is 62.2 Å². The molecule has 0 spiro atoms. The van der Waals surface area contributed by atoms with Crippen LogP contribution in [-0.4, -0.2) is 94.6 Å². The molecule has 12 heteroatoms. The molecule has 3 aliphatic heterocycles. The minimum Gasteiger partial charge on any atom is -0.508 e. The van der Waals surface area contributed by atoms with Gasteiger partial charge in [-0.25, -0.2) is 4.39 Å². The van der Waals surface area contributed by atoms with E-state index < -0.39 is 5.82 Å². The van der Waals surface area contributed by atoms with E-state index in [4.69, 9.17) is 14.2 Å². The van der Waals surface area contributed by atoms with Crippen molar-refractivity contribution in [2.45, 2.75) is 51.6 Å². The van der Waals surface area contributed by atoms with Crippen LogP contribution < -0.4 is 19.9 Å². The van der Waals surface area contributed by atoms with Gasteiger partial charge in [0.25, 0.3) is 0 Å². The quantitative estimate of drug-likeness (QED) is 0.226. The monoisotopic (exact) mass is 652 g/mol. The molecule has 2 N–H and O–H groups in total. The van der Waals surface area contributed by atoms with Gasteiger partial charge in [-0.3, -0.25) is 9.88 Å². The van der Waals surface area contributed by atoms with Crippen molar-refractivity contribution in [1.29, 1.82) is 0 Å². The first-order chi connectivity index (χ1) is 23.5. The zero-order chi connectivity index (χ0) is 32.8. The molecule has 11 nitrogen and oxygen atoms in total. The molecular weight excluding hydrogens is 611 g/mol. The summed E-state index contributed by atoms with van der Waals surface area (Å²) in [7, 11) is 0. The number of hydrogen-bond acceptors (Lipinski definition) is 11. The molecule has 0 radical (unpaired) electrons. The highest BCUT2D eigenvalue weighted by molar-refractivity contribution is 6.01. The smallest absolute Gasteiger partial charge is 0.319 e.